The number of benzene rings is 1. The van der Waals surface area contributed by atoms with Gasteiger partial charge in [0.15, 0.2) is 0 Å². The third kappa shape index (κ3) is 2.61. The second kappa shape index (κ2) is 5.77. The van der Waals surface area contributed by atoms with Crippen molar-refractivity contribution in [3.05, 3.63) is 30.5 Å². The summed E-state index contributed by atoms with van der Waals surface area (Å²) in [6.07, 6.45) is 3.89. The Morgan fingerprint density at radius 1 is 1.43 bits per heavy atom. The van der Waals surface area contributed by atoms with Gasteiger partial charge in [-0.1, -0.05) is 6.07 Å². The lowest BCUT2D eigenvalue weighted by atomic mass is 10.2. The molecule has 2 aromatic rings. The molecular formula is C16H21N3O2. The van der Waals surface area contributed by atoms with Gasteiger partial charge >= 0.3 is 6.03 Å². The van der Waals surface area contributed by atoms with Gasteiger partial charge < -0.3 is 19.9 Å². The molecule has 1 atom stereocenters. The Hall–Kier alpha value is -2.01. The number of urea groups is 1. The SMILES string of the molecule is CCn1ccc2ccc(NC(=O)N3CCCC3CO)cc21. The molecule has 0 bridgehead atoms. The van der Waals surface area contributed by atoms with E-state index in [-0.39, 0.29) is 18.7 Å². The Bertz CT molecular complexity index is 650. The number of carbonyl (C=O) groups is 1. The summed E-state index contributed by atoms with van der Waals surface area (Å²) >= 11 is 0. The number of anilines is 1. The van der Waals surface area contributed by atoms with E-state index in [0.29, 0.717) is 6.54 Å². The van der Waals surface area contributed by atoms with E-state index in [9.17, 15) is 9.90 Å². The Labute approximate surface area is 124 Å². The van der Waals surface area contributed by atoms with Crippen LogP contribution in [-0.4, -0.2) is 39.8 Å². The highest BCUT2D eigenvalue weighted by molar-refractivity contribution is 5.93. The van der Waals surface area contributed by atoms with Gasteiger partial charge in [-0.25, -0.2) is 4.79 Å². The zero-order chi connectivity index (χ0) is 14.8. The van der Waals surface area contributed by atoms with Crippen LogP contribution in [0.25, 0.3) is 10.9 Å². The Kier molecular flexibility index (Phi) is 3.84. The Balaban J connectivity index is 1.79. The number of rotatable bonds is 3. The van der Waals surface area contributed by atoms with Crippen LogP contribution < -0.4 is 5.32 Å². The molecule has 1 unspecified atom stereocenters. The molecule has 3 rings (SSSR count). The van der Waals surface area contributed by atoms with E-state index < -0.39 is 0 Å². The summed E-state index contributed by atoms with van der Waals surface area (Å²) in [4.78, 5) is 14.0. The molecule has 0 spiro atoms. The monoisotopic (exact) mass is 287 g/mol. The molecule has 1 saturated heterocycles. The maximum atomic E-state index is 12.3. The van der Waals surface area contributed by atoms with Crippen LogP contribution in [0.15, 0.2) is 30.5 Å². The summed E-state index contributed by atoms with van der Waals surface area (Å²) in [6.45, 7) is 3.75. The van der Waals surface area contributed by atoms with Gasteiger partial charge in [-0.3, -0.25) is 0 Å². The first-order valence-electron chi connectivity index (χ1n) is 7.50. The van der Waals surface area contributed by atoms with E-state index in [1.807, 2.05) is 18.2 Å². The van der Waals surface area contributed by atoms with Crippen LogP contribution in [0, 0.1) is 0 Å². The fraction of sp³-hybridized carbons (Fsp3) is 0.438. The predicted molar refractivity (Wildman–Crippen MR) is 83.4 cm³/mol. The number of likely N-dealkylation sites (tertiary alicyclic amines) is 1. The highest BCUT2D eigenvalue weighted by Gasteiger charge is 2.28. The molecule has 1 aromatic carbocycles. The summed E-state index contributed by atoms with van der Waals surface area (Å²) in [5, 5.41) is 13.4. The highest BCUT2D eigenvalue weighted by Crippen LogP contribution is 2.22. The molecule has 1 aliphatic heterocycles. The van der Waals surface area contributed by atoms with Crippen molar-refractivity contribution in [3.63, 3.8) is 0 Å². The van der Waals surface area contributed by atoms with E-state index in [2.05, 4.69) is 29.1 Å². The quantitative estimate of drug-likeness (QED) is 0.912. The molecule has 112 valence electrons. The van der Waals surface area contributed by atoms with Crippen molar-refractivity contribution in [2.45, 2.75) is 32.4 Å². The van der Waals surface area contributed by atoms with E-state index >= 15 is 0 Å². The summed E-state index contributed by atoms with van der Waals surface area (Å²) in [7, 11) is 0. The maximum Gasteiger partial charge on any atom is 0.322 e. The van der Waals surface area contributed by atoms with Crippen LogP contribution in [0.1, 0.15) is 19.8 Å². The van der Waals surface area contributed by atoms with Gasteiger partial charge in [-0.05, 0) is 43.4 Å². The minimum absolute atomic E-state index is 0.0329. The van der Waals surface area contributed by atoms with Crippen molar-refractivity contribution >= 4 is 22.6 Å². The van der Waals surface area contributed by atoms with Crippen LogP contribution in [-0.2, 0) is 6.54 Å². The van der Waals surface area contributed by atoms with Crippen molar-refractivity contribution in [2.24, 2.45) is 0 Å². The molecule has 21 heavy (non-hydrogen) atoms. The minimum Gasteiger partial charge on any atom is -0.394 e. The van der Waals surface area contributed by atoms with Crippen LogP contribution >= 0.6 is 0 Å². The van der Waals surface area contributed by atoms with Crippen molar-refractivity contribution in [2.75, 3.05) is 18.5 Å². The Morgan fingerprint density at radius 2 is 2.29 bits per heavy atom. The van der Waals surface area contributed by atoms with Gasteiger partial charge in [-0.15, -0.1) is 0 Å². The Morgan fingerprint density at radius 3 is 3.05 bits per heavy atom. The molecule has 5 heteroatoms. The molecule has 1 fully saturated rings. The lowest BCUT2D eigenvalue weighted by Gasteiger charge is -2.23. The number of aromatic nitrogens is 1. The predicted octanol–water partition coefficient (Wildman–Crippen LogP) is 2.65. The second-order valence-electron chi connectivity index (χ2n) is 5.48. The topological polar surface area (TPSA) is 57.5 Å². The molecule has 2 N–H and O–H groups in total. The first-order chi connectivity index (χ1) is 10.2. The number of aliphatic hydroxyl groups is 1. The van der Waals surface area contributed by atoms with Crippen LogP contribution in [0.3, 0.4) is 0 Å². The molecule has 2 heterocycles. The molecule has 1 aromatic heterocycles. The smallest absolute Gasteiger partial charge is 0.322 e. The lowest BCUT2D eigenvalue weighted by molar-refractivity contribution is 0.166. The van der Waals surface area contributed by atoms with E-state index in [4.69, 9.17) is 0 Å². The van der Waals surface area contributed by atoms with Crippen LogP contribution in [0.5, 0.6) is 0 Å². The number of hydrogen-bond acceptors (Lipinski definition) is 2. The number of hydrogen-bond donors (Lipinski definition) is 2. The number of aryl methyl sites for hydroxylation is 1. The second-order valence-corrected chi connectivity index (χ2v) is 5.48. The number of carbonyl (C=O) groups excluding carboxylic acids is 1. The largest absolute Gasteiger partial charge is 0.394 e. The number of nitrogens with zero attached hydrogens (tertiary/aromatic N) is 2. The zero-order valence-electron chi connectivity index (χ0n) is 12.2. The number of fused-ring (bicyclic) bond motifs is 1. The first-order valence-corrected chi connectivity index (χ1v) is 7.50. The third-order valence-electron chi connectivity index (χ3n) is 4.21. The van der Waals surface area contributed by atoms with Crippen molar-refractivity contribution < 1.29 is 9.90 Å². The van der Waals surface area contributed by atoms with Gasteiger partial charge in [0.25, 0.3) is 0 Å². The first kappa shape index (κ1) is 13.9. The van der Waals surface area contributed by atoms with Crippen molar-refractivity contribution in [1.82, 2.24) is 9.47 Å². The standard InChI is InChI=1S/C16H21N3O2/c1-2-18-9-7-12-5-6-13(10-15(12)18)17-16(21)19-8-3-4-14(19)11-20/h5-7,9-10,14,20H,2-4,8,11H2,1H3,(H,17,21). The van der Waals surface area contributed by atoms with E-state index in [0.717, 1.165) is 30.6 Å². The molecule has 2 amide bonds. The molecular weight excluding hydrogens is 266 g/mol. The molecule has 1 aliphatic rings. The summed E-state index contributed by atoms with van der Waals surface area (Å²) in [5.74, 6) is 0. The van der Waals surface area contributed by atoms with E-state index in [1.54, 1.807) is 4.90 Å². The average molecular weight is 287 g/mol. The third-order valence-corrected chi connectivity index (χ3v) is 4.21. The van der Waals surface area contributed by atoms with Gasteiger partial charge in [0, 0.05) is 25.0 Å². The summed E-state index contributed by atoms with van der Waals surface area (Å²) in [6, 6.07) is 7.84. The van der Waals surface area contributed by atoms with Crippen LogP contribution in [0.4, 0.5) is 10.5 Å². The molecule has 0 radical (unpaired) electrons. The van der Waals surface area contributed by atoms with Gasteiger partial charge in [-0.2, -0.15) is 0 Å². The van der Waals surface area contributed by atoms with Gasteiger partial charge in [0.2, 0.25) is 0 Å². The summed E-state index contributed by atoms with van der Waals surface area (Å²) < 4.78 is 2.15. The lowest BCUT2D eigenvalue weighted by Crippen LogP contribution is -2.40. The molecule has 0 aliphatic carbocycles. The molecule has 0 saturated carbocycles. The molecule has 5 nitrogen and oxygen atoms in total. The fourth-order valence-corrected chi connectivity index (χ4v) is 3.03. The maximum absolute atomic E-state index is 12.3. The van der Waals surface area contributed by atoms with Gasteiger partial charge in [0.05, 0.1) is 18.2 Å². The number of aliphatic hydroxyl groups excluding tert-OH is 1. The van der Waals surface area contributed by atoms with E-state index in [1.165, 1.54) is 5.39 Å². The normalized spacial score (nSPS) is 18.4. The average Bonchev–Trinajstić information content (AvgIpc) is 3.13. The fourth-order valence-electron chi connectivity index (χ4n) is 3.03. The zero-order valence-corrected chi connectivity index (χ0v) is 12.2. The number of nitrogens with one attached hydrogen (secondary N) is 1. The number of amides is 2. The van der Waals surface area contributed by atoms with Crippen molar-refractivity contribution in [3.8, 4) is 0 Å². The van der Waals surface area contributed by atoms with Crippen molar-refractivity contribution in [1.29, 1.82) is 0 Å². The minimum atomic E-state index is -0.125. The van der Waals surface area contributed by atoms with Crippen LogP contribution in [0.2, 0.25) is 0 Å². The summed E-state index contributed by atoms with van der Waals surface area (Å²) in [5.41, 5.74) is 1.92. The van der Waals surface area contributed by atoms with Gasteiger partial charge in [0.1, 0.15) is 0 Å². The highest BCUT2D eigenvalue weighted by atomic mass is 16.3.